The normalized spacial score (nSPS) is 11.8. The summed E-state index contributed by atoms with van der Waals surface area (Å²) in [6.07, 6.45) is 0. The molecule has 18 heavy (non-hydrogen) atoms. The van der Waals surface area contributed by atoms with Crippen molar-refractivity contribution in [3.8, 4) is 5.69 Å². The highest BCUT2D eigenvalue weighted by molar-refractivity contribution is 5.33. The zero-order chi connectivity index (χ0) is 13.5. The first kappa shape index (κ1) is 12.5. The lowest BCUT2D eigenvalue weighted by molar-refractivity contribution is 0.549. The lowest BCUT2D eigenvalue weighted by Gasteiger charge is -2.15. The van der Waals surface area contributed by atoms with Crippen LogP contribution in [0.2, 0.25) is 0 Å². The molecular weight excluding hydrogens is 238 g/mol. The lowest BCUT2D eigenvalue weighted by Crippen LogP contribution is -2.15. The third kappa shape index (κ3) is 2.20. The summed E-state index contributed by atoms with van der Waals surface area (Å²) in [5.41, 5.74) is 0.0829. The van der Waals surface area contributed by atoms with E-state index in [1.54, 1.807) is 0 Å². The molecule has 0 saturated carbocycles. The van der Waals surface area contributed by atoms with E-state index in [1.165, 1.54) is 12.1 Å². The van der Waals surface area contributed by atoms with E-state index < -0.39 is 11.6 Å². The van der Waals surface area contributed by atoms with Crippen molar-refractivity contribution in [3.05, 3.63) is 51.9 Å². The highest BCUT2D eigenvalue weighted by atomic mass is 19.1. The molecular formula is C13H14F2N2O. The maximum absolute atomic E-state index is 13.6. The molecule has 0 aliphatic carbocycles. The minimum Gasteiger partial charge on any atom is -0.294 e. The van der Waals surface area contributed by atoms with Gasteiger partial charge < -0.3 is 0 Å². The molecule has 3 nitrogen and oxygen atoms in total. The van der Waals surface area contributed by atoms with E-state index in [2.05, 4.69) is 5.10 Å². The van der Waals surface area contributed by atoms with Crippen LogP contribution in [0, 0.1) is 11.6 Å². The molecule has 0 bridgehead atoms. The van der Waals surface area contributed by atoms with Crippen LogP contribution in [0.4, 0.5) is 8.78 Å². The zero-order valence-corrected chi connectivity index (χ0v) is 10.4. The summed E-state index contributed by atoms with van der Waals surface area (Å²) in [5, 5.41) is 2.84. The standard InChI is InChI=1S/C13H14F2N2O/c1-13(2,3)11-7-12(18)17(16-11)10-5-4-8(14)6-9(10)15/h4-7,16H,1-3H3. The number of benzene rings is 1. The third-order valence-electron chi connectivity index (χ3n) is 2.68. The summed E-state index contributed by atoms with van der Waals surface area (Å²) < 4.78 is 27.5. The summed E-state index contributed by atoms with van der Waals surface area (Å²) in [5.74, 6) is -1.45. The molecule has 0 aliphatic rings. The second-order valence-electron chi connectivity index (χ2n) is 5.19. The first-order valence-electron chi connectivity index (χ1n) is 5.57. The summed E-state index contributed by atoms with van der Waals surface area (Å²) >= 11 is 0. The van der Waals surface area contributed by atoms with E-state index in [9.17, 15) is 13.6 Å². The fraction of sp³-hybridized carbons (Fsp3) is 0.308. The van der Waals surface area contributed by atoms with Crippen LogP contribution in [0.1, 0.15) is 26.5 Å². The molecule has 2 rings (SSSR count). The van der Waals surface area contributed by atoms with Crippen LogP contribution in [0.15, 0.2) is 29.1 Å². The SMILES string of the molecule is CC(C)(C)c1cc(=O)n(-c2ccc(F)cc2F)[nH]1. The number of rotatable bonds is 1. The first-order chi connectivity index (χ1) is 8.29. The van der Waals surface area contributed by atoms with Gasteiger partial charge in [-0.1, -0.05) is 20.8 Å². The van der Waals surface area contributed by atoms with Gasteiger partial charge in [-0.2, -0.15) is 0 Å². The van der Waals surface area contributed by atoms with Gasteiger partial charge in [-0.05, 0) is 12.1 Å². The van der Waals surface area contributed by atoms with Crippen molar-refractivity contribution in [1.82, 2.24) is 9.78 Å². The summed E-state index contributed by atoms with van der Waals surface area (Å²) in [6, 6.07) is 4.51. The van der Waals surface area contributed by atoms with Gasteiger partial charge in [0.05, 0.1) is 0 Å². The second kappa shape index (κ2) is 4.08. The Morgan fingerprint density at radius 1 is 1.17 bits per heavy atom. The summed E-state index contributed by atoms with van der Waals surface area (Å²) in [4.78, 5) is 11.8. The Morgan fingerprint density at radius 3 is 2.33 bits per heavy atom. The van der Waals surface area contributed by atoms with Gasteiger partial charge in [-0.15, -0.1) is 0 Å². The van der Waals surface area contributed by atoms with Crippen LogP contribution >= 0.6 is 0 Å². The molecule has 0 aliphatic heterocycles. The summed E-state index contributed by atoms with van der Waals surface area (Å²) in [6.45, 7) is 5.80. The van der Waals surface area contributed by atoms with E-state index in [-0.39, 0.29) is 16.7 Å². The Labute approximate surface area is 103 Å². The predicted octanol–water partition coefficient (Wildman–Crippen LogP) is 2.74. The van der Waals surface area contributed by atoms with E-state index in [1.807, 2.05) is 20.8 Å². The molecule has 2 aromatic rings. The number of aromatic amines is 1. The molecule has 0 fully saturated rings. The lowest BCUT2D eigenvalue weighted by atomic mass is 9.93. The van der Waals surface area contributed by atoms with Gasteiger partial charge in [0.25, 0.3) is 5.56 Å². The van der Waals surface area contributed by atoms with Gasteiger partial charge >= 0.3 is 0 Å². The van der Waals surface area contributed by atoms with Crippen molar-refractivity contribution in [2.45, 2.75) is 26.2 Å². The first-order valence-corrected chi connectivity index (χ1v) is 5.57. The molecule has 1 aromatic heterocycles. The van der Waals surface area contributed by atoms with E-state index >= 15 is 0 Å². The van der Waals surface area contributed by atoms with Crippen molar-refractivity contribution >= 4 is 0 Å². The number of hydrogen-bond acceptors (Lipinski definition) is 1. The smallest absolute Gasteiger partial charge is 0.271 e. The van der Waals surface area contributed by atoms with E-state index in [0.717, 1.165) is 16.8 Å². The van der Waals surface area contributed by atoms with Crippen LogP contribution in [-0.2, 0) is 5.41 Å². The topological polar surface area (TPSA) is 37.8 Å². The highest BCUT2D eigenvalue weighted by Gasteiger charge is 2.19. The van der Waals surface area contributed by atoms with Gasteiger partial charge in [0.2, 0.25) is 0 Å². The molecule has 0 spiro atoms. The molecule has 0 radical (unpaired) electrons. The van der Waals surface area contributed by atoms with Gasteiger partial charge in [-0.3, -0.25) is 9.89 Å². The largest absolute Gasteiger partial charge is 0.294 e. The van der Waals surface area contributed by atoms with Crippen LogP contribution in [0.5, 0.6) is 0 Å². The molecule has 0 atom stereocenters. The average molecular weight is 252 g/mol. The van der Waals surface area contributed by atoms with Crippen molar-refractivity contribution in [3.63, 3.8) is 0 Å². The second-order valence-corrected chi connectivity index (χ2v) is 5.19. The Balaban J connectivity index is 2.58. The number of aromatic nitrogens is 2. The van der Waals surface area contributed by atoms with Crippen molar-refractivity contribution in [2.24, 2.45) is 0 Å². The minimum atomic E-state index is -0.778. The van der Waals surface area contributed by atoms with Crippen LogP contribution in [0.25, 0.3) is 5.69 Å². The third-order valence-corrected chi connectivity index (χ3v) is 2.68. The summed E-state index contributed by atoms with van der Waals surface area (Å²) in [7, 11) is 0. The average Bonchev–Trinajstić information content (AvgIpc) is 2.60. The van der Waals surface area contributed by atoms with Crippen molar-refractivity contribution < 1.29 is 8.78 Å². The van der Waals surface area contributed by atoms with E-state index in [4.69, 9.17) is 0 Å². The monoisotopic (exact) mass is 252 g/mol. The van der Waals surface area contributed by atoms with Crippen LogP contribution in [-0.4, -0.2) is 9.78 Å². The maximum atomic E-state index is 13.6. The Kier molecular flexibility index (Phi) is 2.84. The Hall–Kier alpha value is -1.91. The number of halogens is 2. The maximum Gasteiger partial charge on any atom is 0.271 e. The van der Waals surface area contributed by atoms with Crippen LogP contribution in [0.3, 0.4) is 0 Å². The number of nitrogens with one attached hydrogen (secondary N) is 1. The van der Waals surface area contributed by atoms with Gasteiger partial charge in [0.1, 0.15) is 11.5 Å². The Morgan fingerprint density at radius 2 is 1.83 bits per heavy atom. The molecule has 0 saturated heterocycles. The number of nitrogens with zero attached hydrogens (tertiary/aromatic N) is 1. The fourth-order valence-electron chi connectivity index (χ4n) is 1.62. The highest BCUT2D eigenvalue weighted by Crippen LogP contribution is 2.20. The van der Waals surface area contributed by atoms with Gasteiger partial charge in [0, 0.05) is 23.2 Å². The number of hydrogen-bond donors (Lipinski definition) is 1. The molecule has 5 heteroatoms. The van der Waals surface area contributed by atoms with E-state index in [0.29, 0.717) is 5.69 Å². The molecule has 96 valence electrons. The molecule has 0 unspecified atom stereocenters. The predicted molar refractivity (Wildman–Crippen MR) is 65.0 cm³/mol. The van der Waals surface area contributed by atoms with Crippen LogP contribution < -0.4 is 5.56 Å². The van der Waals surface area contributed by atoms with Gasteiger partial charge in [0.15, 0.2) is 5.82 Å². The fourth-order valence-corrected chi connectivity index (χ4v) is 1.62. The molecule has 1 N–H and O–H groups in total. The van der Waals surface area contributed by atoms with Gasteiger partial charge in [-0.25, -0.2) is 13.5 Å². The molecule has 0 amide bonds. The Bertz CT molecular complexity index is 635. The molecule has 1 heterocycles. The zero-order valence-electron chi connectivity index (χ0n) is 10.4. The quantitative estimate of drug-likeness (QED) is 0.832. The number of H-pyrrole nitrogens is 1. The minimum absolute atomic E-state index is 0.0110. The van der Waals surface area contributed by atoms with Crippen molar-refractivity contribution in [2.75, 3.05) is 0 Å². The van der Waals surface area contributed by atoms with Crippen molar-refractivity contribution in [1.29, 1.82) is 0 Å². The molecule has 1 aromatic carbocycles.